The third-order valence-electron chi connectivity index (χ3n) is 1.38. The van der Waals surface area contributed by atoms with Gasteiger partial charge in [0.25, 0.3) is 0 Å². The molecule has 3 atom stereocenters. The van der Waals surface area contributed by atoms with Crippen molar-refractivity contribution in [2.24, 2.45) is 0 Å². The predicted molar refractivity (Wildman–Crippen MR) is 28.6 cm³/mol. The smallest absolute Gasteiger partial charge is 0.157 e. The molecule has 1 rings (SSSR count). The zero-order valence-corrected chi connectivity index (χ0v) is 4.90. The molecule has 1 aliphatic heterocycles. The minimum Gasteiger partial charge on any atom is -0.394 e. The van der Waals surface area contributed by atoms with Crippen LogP contribution in [0.1, 0.15) is 6.42 Å². The molecule has 9 heavy (non-hydrogen) atoms. The Morgan fingerprint density at radius 2 is 2.11 bits per heavy atom. The molecule has 4 nitrogen and oxygen atoms in total. The van der Waals surface area contributed by atoms with E-state index < -0.39 is 18.5 Å². The van der Waals surface area contributed by atoms with Gasteiger partial charge < -0.3 is 20.1 Å². The fourth-order valence-corrected chi connectivity index (χ4v) is 0.871. The molecule has 0 amide bonds. The van der Waals surface area contributed by atoms with Gasteiger partial charge in [0, 0.05) is 6.42 Å². The average Bonchev–Trinajstić information content (AvgIpc) is 2.10. The molecule has 0 aromatic carbocycles. The van der Waals surface area contributed by atoms with Gasteiger partial charge in [0.1, 0.15) is 6.10 Å². The molecule has 0 saturated carbocycles. The summed E-state index contributed by atoms with van der Waals surface area (Å²) in [6, 6.07) is 0. The van der Waals surface area contributed by atoms with E-state index in [1.807, 2.05) is 0 Å². The van der Waals surface area contributed by atoms with Crippen LogP contribution in [0.3, 0.4) is 0 Å². The van der Waals surface area contributed by atoms with Crippen molar-refractivity contribution in [3.8, 4) is 0 Å². The number of ether oxygens (including phenoxy) is 1. The van der Waals surface area contributed by atoms with Gasteiger partial charge in [-0.3, -0.25) is 0 Å². The van der Waals surface area contributed by atoms with E-state index in [1.54, 1.807) is 0 Å². The first-order valence-electron chi connectivity index (χ1n) is 2.86. The molecule has 1 aliphatic rings. The molecule has 1 heterocycles. The van der Waals surface area contributed by atoms with E-state index in [-0.39, 0.29) is 13.0 Å². The maximum absolute atomic E-state index is 8.91. The number of hydrogen-bond donors (Lipinski definition) is 3. The van der Waals surface area contributed by atoms with Gasteiger partial charge >= 0.3 is 0 Å². The molecule has 0 bridgehead atoms. The Kier molecular flexibility index (Phi) is 2.02. The van der Waals surface area contributed by atoms with Crippen LogP contribution < -0.4 is 0 Å². The lowest BCUT2D eigenvalue weighted by molar-refractivity contribution is -0.107. The molecular formula is C5H10O4. The van der Waals surface area contributed by atoms with Crippen LogP contribution >= 0.6 is 0 Å². The molecule has 0 aromatic rings. The van der Waals surface area contributed by atoms with E-state index >= 15 is 0 Å². The van der Waals surface area contributed by atoms with E-state index in [0.29, 0.717) is 0 Å². The van der Waals surface area contributed by atoms with Gasteiger partial charge in [0.05, 0.1) is 12.7 Å². The summed E-state index contributed by atoms with van der Waals surface area (Å²) < 4.78 is 4.68. The molecule has 0 radical (unpaired) electrons. The second-order valence-electron chi connectivity index (χ2n) is 2.11. The summed E-state index contributed by atoms with van der Waals surface area (Å²) in [4.78, 5) is 0. The molecule has 0 aliphatic carbocycles. The predicted octanol–water partition coefficient (Wildman–Crippen LogP) is -1.55. The highest BCUT2D eigenvalue weighted by Crippen LogP contribution is 2.17. The van der Waals surface area contributed by atoms with Gasteiger partial charge in [-0.2, -0.15) is 0 Å². The van der Waals surface area contributed by atoms with E-state index in [9.17, 15) is 0 Å². The normalized spacial score (nSPS) is 43.7. The van der Waals surface area contributed by atoms with Crippen molar-refractivity contribution in [2.75, 3.05) is 6.61 Å². The van der Waals surface area contributed by atoms with Crippen LogP contribution in [-0.2, 0) is 4.74 Å². The Morgan fingerprint density at radius 1 is 1.44 bits per heavy atom. The summed E-state index contributed by atoms with van der Waals surface area (Å²) in [7, 11) is 0. The van der Waals surface area contributed by atoms with Crippen LogP contribution in [0, 0.1) is 0 Å². The molecule has 1 saturated heterocycles. The van der Waals surface area contributed by atoms with Crippen LogP contribution in [0.2, 0.25) is 0 Å². The van der Waals surface area contributed by atoms with Crippen LogP contribution in [0.4, 0.5) is 0 Å². The molecule has 0 aromatic heterocycles. The molecule has 3 N–H and O–H groups in total. The quantitative estimate of drug-likeness (QED) is 0.406. The van der Waals surface area contributed by atoms with Crippen molar-refractivity contribution in [3.63, 3.8) is 0 Å². The maximum Gasteiger partial charge on any atom is 0.157 e. The second kappa shape index (κ2) is 2.62. The summed E-state index contributed by atoms with van der Waals surface area (Å²) >= 11 is 0. The summed E-state index contributed by atoms with van der Waals surface area (Å²) in [5, 5.41) is 26.1. The second-order valence-corrected chi connectivity index (χ2v) is 2.11. The number of rotatable bonds is 1. The fourth-order valence-electron chi connectivity index (χ4n) is 0.871. The SMILES string of the molecule is OCC1O[C@H](O)CC1O. The van der Waals surface area contributed by atoms with Gasteiger partial charge in [-0.1, -0.05) is 0 Å². The monoisotopic (exact) mass is 134 g/mol. The zero-order chi connectivity index (χ0) is 6.85. The van der Waals surface area contributed by atoms with E-state index in [4.69, 9.17) is 15.3 Å². The first-order valence-corrected chi connectivity index (χ1v) is 2.86. The van der Waals surface area contributed by atoms with Crippen LogP contribution in [0.5, 0.6) is 0 Å². The molecule has 2 unspecified atom stereocenters. The lowest BCUT2D eigenvalue weighted by atomic mass is 10.2. The highest BCUT2D eigenvalue weighted by Gasteiger charge is 2.31. The molecule has 4 heteroatoms. The average molecular weight is 134 g/mol. The Morgan fingerprint density at radius 3 is 2.33 bits per heavy atom. The maximum atomic E-state index is 8.91. The van der Waals surface area contributed by atoms with Crippen LogP contribution in [0.25, 0.3) is 0 Å². The van der Waals surface area contributed by atoms with Crippen molar-refractivity contribution in [1.29, 1.82) is 0 Å². The first-order chi connectivity index (χ1) is 4.24. The van der Waals surface area contributed by atoms with Crippen molar-refractivity contribution in [2.45, 2.75) is 24.9 Å². The largest absolute Gasteiger partial charge is 0.394 e. The Bertz CT molecular complexity index is 95.0. The number of aliphatic hydroxyl groups excluding tert-OH is 3. The minimum absolute atomic E-state index is 0.200. The lowest BCUT2D eigenvalue weighted by Gasteiger charge is -2.08. The lowest BCUT2D eigenvalue weighted by Crippen LogP contribution is -2.24. The van der Waals surface area contributed by atoms with Crippen molar-refractivity contribution in [1.82, 2.24) is 0 Å². The highest BCUT2D eigenvalue weighted by molar-refractivity contribution is 4.75. The van der Waals surface area contributed by atoms with Gasteiger partial charge in [-0.05, 0) is 0 Å². The summed E-state index contributed by atoms with van der Waals surface area (Å²) in [5.41, 5.74) is 0. The number of aliphatic hydroxyl groups is 3. The highest BCUT2D eigenvalue weighted by atomic mass is 16.6. The van der Waals surface area contributed by atoms with E-state index in [0.717, 1.165) is 0 Å². The van der Waals surface area contributed by atoms with Gasteiger partial charge in [-0.15, -0.1) is 0 Å². The van der Waals surface area contributed by atoms with Gasteiger partial charge in [0.2, 0.25) is 0 Å². The molecular weight excluding hydrogens is 124 g/mol. The van der Waals surface area contributed by atoms with Gasteiger partial charge in [-0.25, -0.2) is 0 Å². The van der Waals surface area contributed by atoms with Crippen molar-refractivity contribution < 1.29 is 20.1 Å². The van der Waals surface area contributed by atoms with Gasteiger partial charge in [0.15, 0.2) is 6.29 Å². The topological polar surface area (TPSA) is 69.9 Å². The summed E-state index contributed by atoms with van der Waals surface area (Å²) in [6.45, 7) is -0.238. The standard InChI is InChI=1S/C5H10O4/c6-2-4-3(7)1-5(8)9-4/h3-8H,1-2H2/t3?,4?,5-/m0/s1. The molecule has 54 valence electrons. The van der Waals surface area contributed by atoms with E-state index in [1.165, 1.54) is 0 Å². The Hall–Kier alpha value is -0.160. The fraction of sp³-hybridized carbons (Fsp3) is 1.00. The van der Waals surface area contributed by atoms with E-state index in [2.05, 4.69) is 4.74 Å². The summed E-state index contributed by atoms with van der Waals surface area (Å²) in [5.74, 6) is 0. The zero-order valence-electron chi connectivity index (χ0n) is 4.90. The third kappa shape index (κ3) is 1.40. The molecule has 1 fully saturated rings. The van der Waals surface area contributed by atoms with Crippen molar-refractivity contribution in [3.05, 3.63) is 0 Å². The Labute approximate surface area is 52.7 Å². The van der Waals surface area contributed by atoms with Crippen molar-refractivity contribution >= 4 is 0 Å². The van der Waals surface area contributed by atoms with Crippen LogP contribution in [-0.4, -0.2) is 40.4 Å². The molecule has 0 spiro atoms. The number of hydrogen-bond acceptors (Lipinski definition) is 4. The first kappa shape index (κ1) is 6.95. The summed E-state index contributed by atoms with van der Waals surface area (Å²) in [6.07, 6.45) is -2.02. The minimum atomic E-state index is -0.905. The Balaban J connectivity index is 2.38. The third-order valence-corrected chi connectivity index (χ3v) is 1.38. The van der Waals surface area contributed by atoms with Crippen LogP contribution in [0.15, 0.2) is 0 Å².